The van der Waals surface area contributed by atoms with E-state index in [1.165, 1.54) is 11.3 Å². The molecule has 0 radical (unpaired) electrons. The summed E-state index contributed by atoms with van der Waals surface area (Å²) in [4.78, 5) is 5.12. The molecule has 0 atom stereocenters. The summed E-state index contributed by atoms with van der Waals surface area (Å²) < 4.78 is 43.1. The fourth-order valence-corrected chi connectivity index (χ4v) is 3.08. The first-order valence-electron chi connectivity index (χ1n) is 6.63. The second kappa shape index (κ2) is 6.13. The summed E-state index contributed by atoms with van der Waals surface area (Å²) in [5, 5.41) is 7.65. The molecular weight excluding hydrogens is 327 g/mol. The van der Waals surface area contributed by atoms with E-state index < -0.39 is 11.9 Å². The summed E-state index contributed by atoms with van der Waals surface area (Å²) in [5.41, 5.74) is 1.53. The van der Waals surface area contributed by atoms with Crippen molar-refractivity contribution in [2.24, 2.45) is 0 Å². The highest BCUT2D eigenvalue weighted by Crippen LogP contribution is 2.33. The average molecular weight is 339 g/mol. The Balaban J connectivity index is 1.97. The van der Waals surface area contributed by atoms with Crippen LogP contribution < -0.4 is 0 Å². The van der Waals surface area contributed by atoms with Gasteiger partial charge in [0, 0.05) is 18.2 Å². The van der Waals surface area contributed by atoms with E-state index in [2.05, 4.69) is 10.1 Å². The lowest BCUT2D eigenvalue weighted by Gasteiger charge is -2.04. The van der Waals surface area contributed by atoms with Crippen LogP contribution in [0.3, 0.4) is 0 Å². The van der Waals surface area contributed by atoms with Gasteiger partial charge in [0.15, 0.2) is 0 Å². The normalized spacial score (nSPS) is 11.8. The van der Waals surface area contributed by atoms with Gasteiger partial charge in [-0.1, -0.05) is 0 Å². The molecule has 0 saturated heterocycles. The van der Waals surface area contributed by atoms with Gasteiger partial charge in [-0.2, -0.15) is 18.3 Å². The molecule has 23 heavy (non-hydrogen) atoms. The molecule has 0 fully saturated rings. The minimum atomic E-state index is -4.46. The van der Waals surface area contributed by atoms with E-state index in [0.717, 1.165) is 22.1 Å². The maximum Gasteiger partial charge on any atom is 0.432 e. The molecule has 3 aromatic rings. The van der Waals surface area contributed by atoms with Gasteiger partial charge in [-0.25, -0.2) is 0 Å². The first-order chi connectivity index (χ1) is 11.0. The highest BCUT2D eigenvalue weighted by molar-refractivity contribution is 7.13. The molecule has 0 bridgehead atoms. The summed E-state index contributed by atoms with van der Waals surface area (Å²) in [6.45, 7) is 0.469. The Bertz CT molecular complexity index is 810. The Kier molecular flexibility index (Phi) is 4.18. The van der Waals surface area contributed by atoms with Crippen molar-refractivity contribution >= 4 is 11.3 Å². The molecule has 8 heteroatoms. The van der Waals surface area contributed by atoms with Crippen LogP contribution in [-0.4, -0.2) is 22.3 Å². The summed E-state index contributed by atoms with van der Waals surface area (Å²) >= 11 is 1.54. The molecule has 3 heterocycles. The number of halogens is 3. The first kappa shape index (κ1) is 15.7. The number of nitrogens with one attached hydrogen (secondary N) is 1. The number of alkyl halides is 3. The zero-order valence-corrected chi connectivity index (χ0v) is 12.8. The highest BCUT2D eigenvalue weighted by atomic mass is 32.1. The average Bonchev–Trinajstić information content (AvgIpc) is 3.16. The smallest absolute Gasteiger partial charge is 0.380 e. The predicted octanol–water partition coefficient (Wildman–Crippen LogP) is 4.37. The number of hydrogen-bond donors (Lipinski definition) is 1. The number of pyridine rings is 1. The second-order valence-electron chi connectivity index (χ2n) is 4.80. The van der Waals surface area contributed by atoms with Gasteiger partial charge in [-0.15, -0.1) is 11.3 Å². The third kappa shape index (κ3) is 3.27. The molecule has 4 nitrogen and oxygen atoms in total. The summed E-state index contributed by atoms with van der Waals surface area (Å²) in [6, 6.07) is 6.45. The molecule has 0 amide bonds. The van der Waals surface area contributed by atoms with Crippen LogP contribution in [0.5, 0.6) is 0 Å². The Labute approximate surface area is 134 Å². The molecule has 0 spiro atoms. The molecule has 0 unspecified atom stereocenters. The summed E-state index contributed by atoms with van der Waals surface area (Å²) in [7, 11) is 1.61. The lowest BCUT2D eigenvalue weighted by molar-refractivity contribution is -0.141. The van der Waals surface area contributed by atoms with E-state index in [9.17, 15) is 13.2 Å². The quantitative estimate of drug-likeness (QED) is 0.768. The van der Waals surface area contributed by atoms with Crippen LogP contribution in [0, 0.1) is 0 Å². The van der Waals surface area contributed by atoms with E-state index in [4.69, 9.17) is 4.74 Å². The Morgan fingerprint density at radius 2 is 2.04 bits per heavy atom. The minimum Gasteiger partial charge on any atom is -0.380 e. The molecule has 0 aliphatic heterocycles. The van der Waals surface area contributed by atoms with Crippen molar-refractivity contribution in [2.75, 3.05) is 7.11 Å². The fourth-order valence-electron chi connectivity index (χ4n) is 2.17. The van der Waals surface area contributed by atoms with Crippen molar-refractivity contribution < 1.29 is 17.9 Å². The number of aromatic amines is 1. The number of H-pyrrole nitrogens is 1. The third-order valence-electron chi connectivity index (χ3n) is 3.21. The predicted molar refractivity (Wildman–Crippen MR) is 80.8 cm³/mol. The molecule has 0 aromatic carbocycles. The number of aromatic nitrogens is 3. The van der Waals surface area contributed by atoms with Gasteiger partial charge in [0.2, 0.25) is 0 Å². The number of methoxy groups -OCH3 is 1. The van der Waals surface area contributed by atoms with E-state index >= 15 is 0 Å². The van der Waals surface area contributed by atoms with Gasteiger partial charge >= 0.3 is 6.18 Å². The van der Waals surface area contributed by atoms with Gasteiger partial charge < -0.3 is 4.74 Å². The number of ether oxygens (including phenoxy) is 1. The van der Waals surface area contributed by atoms with Gasteiger partial charge in [0.1, 0.15) is 11.4 Å². The highest BCUT2D eigenvalue weighted by Gasteiger charge is 2.33. The molecule has 1 N–H and O–H groups in total. The largest absolute Gasteiger partial charge is 0.432 e. The Morgan fingerprint density at radius 1 is 1.22 bits per heavy atom. The van der Waals surface area contributed by atoms with Crippen LogP contribution in [0.4, 0.5) is 13.2 Å². The van der Waals surface area contributed by atoms with Gasteiger partial charge in [-0.05, 0) is 40.8 Å². The molecule has 0 aliphatic rings. The van der Waals surface area contributed by atoms with Crippen molar-refractivity contribution in [2.45, 2.75) is 12.8 Å². The number of rotatable bonds is 4. The van der Waals surface area contributed by atoms with Crippen LogP contribution in [0.2, 0.25) is 0 Å². The zero-order chi connectivity index (χ0) is 16.4. The molecule has 0 saturated carbocycles. The zero-order valence-electron chi connectivity index (χ0n) is 12.0. The summed E-state index contributed by atoms with van der Waals surface area (Å²) in [5.74, 6) is 0. The van der Waals surface area contributed by atoms with Gasteiger partial charge in [0.05, 0.1) is 12.3 Å². The van der Waals surface area contributed by atoms with Crippen molar-refractivity contribution in [1.82, 2.24) is 15.2 Å². The van der Waals surface area contributed by atoms with Gasteiger partial charge in [-0.3, -0.25) is 10.1 Å². The molecule has 3 rings (SSSR count). The number of nitrogens with zero attached hydrogens (tertiary/aromatic N) is 2. The maximum absolute atomic E-state index is 12.7. The van der Waals surface area contributed by atoms with Crippen LogP contribution in [0.15, 0.2) is 35.8 Å². The first-order valence-corrected chi connectivity index (χ1v) is 7.51. The standard InChI is InChI=1S/C15H12F3N3OS/c1-22-8-10-3-5-23-14(10)9-2-4-19-11(6-9)12-7-13(21-20-12)15(16,17)18/h2-7H,8H2,1H3,(H,20,21). The van der Waals surface area contributed by atoms with Crippen molar-refractivity contribution in [3.63, 3.8) is 0 Å². The Morgan fingerprint density at radius 3 is 2.74 bits per heavy atom. The molecular formula is C15H12F3N3OS. The van der Waals surface area contributed by atoms with E-state index in [-0.39, 0.29) is 5.69 Å². The SMILES string of the molecule is COCc1ccsc1-c1ccnc(-c2cc(C(F)(F)F)[nH]n2)c1. The van der Waals surface area contributed by atoms with Crippen LogP contribution in [-0.2, 0) is 17.5 Å². The number of thiophene rings is 1. The maximum atomic E-state index is 12.7. The monoisotopic (exact) mass is 339 g/mol. The van der Waals surface area contributed by atoms with E-state index in [0.29, 0.717) is 12.3 Å². The third-order valence-corrected chi connectivity index (χ3v) is 4.22. The minimum absolute atomic E-state index is 0.157. The van der Waals surface area contributed by atoms with Crippen LogP contribution in [0.1, 0.15) is 11.3 Å². The Hall–Kier alpha value is -2.19. The van der Waals surface area contributed by atoms with Crippen molar-refractivity contribution in [3.8, 4) is 21.8 Å². The molecule has 120 valence electrons. The fraction of sp³-hybridized carbons (Fsp3) is 0.200. The summed E-state index contributed by atoms with van der Waals surface area (Å²) in [6.07, 6.45) is -2.90. The molecule has 0 aliphatic carbocycles. The van der Waals surface area contributed by atoms with E-state index in [1.807, 2.05) is 22.6 Å². The molecule has 3 aromatic heterocycles. The van der Waals surface area contributed by atoms with Gasteiger partial charge in [0.25, 0.3) is 0 Å². The van der Waals surface area contributed by atoms with Crippen LogP contribution >= 0.6 is 11.3 Å². The lowest BCUT2D eigenvalue weighted by atomic mass is 10.1. The number of hydrogen-bond acceptors (Lipinski definition) is 4. The van der Waals surface area contributed by atoms with Crippen molar-refractivity contribution in [3.05, 3.63) is 47.1 Å². The van der Waals surface area contributed by atoms with Crippen molar-refractivity contribution in [1.29, 1.82) is 0 Å². The van der Waals surface area contributed by atoms with E-state index in [1.54, 1.807) is 19.4 Å². The van der Waals surface area contributed by atoms with Crippen LogP contribution in [0.25, 0.3) is 21.8 Å². The topological polar surface area (TPSA) is 50.8 Å². The lowest BCUT2D eigenvalue weighted by Crippen LogP contribution is -2.04. The second-order valence-corrected chi connectivity index (χ2v) is 5.72.